The zero-order chi connectivity index (χ0) is 10.6. The number of nitrogens with one attached hydrogen (secondary N) is 1. The lowest BCUT2D eigenvalue weighted by Crippen LogP contribution is -2.29. The Bertz CT molecular complexity index is 310. The molecule has 0 saturated carbocycles. The molecule has 0 radical (unpaired) electrons. The quantitative estimate of drug-likeness (QED) is 0.615. The van der Waals surface area contributed by atoms with E-state index < -0.39 is 6.04 Å². The van der Waals surface area contributed by atoms with Crippen molar-refractivity contribution in [2.24, 2.45) is 12.8 Å². The summed E-state index contributed by atoms with van der Waals surface area (Å²) >= 11 is 0. The summed E-state index contributed by atoms with van der Waals surface area (Å²) in [5.41, 5.74) is 6.14. The number of nitrogens with two attached hydrogens (primary N) is 1. The zero-order valence-electron chi connectivity index (χ0n) is 8.23. The van der Waals surface area contributed by atoms with Crippen molar-refractivity contribution >= 4 is 12.0 Å². The van der Waals surface area contributed by atoms with Crippen molar-refractivity contribution in [3.05, 3.63) is 6.20 Å². The Morgan fingerprint density at radius 3 is 3.14 bits per heavy atom. The lowest BCUT2D eigenvalue weighted by atomic mass is 10.4. The highest BCUT2D eigenvalue weighted by Gasteiger charge is 2.08. The van der Waals surface area contributed by atoms with Crippen molar-refractivity contribution in [2.75, 3.05) is 19.0 Å². The van der Waals surface area contributed by atoms with Gasteiger partial charge in [0.1, 0.15) is 18.6 Å². The third kappa shape index (κ3) is 2.46. The van der Waals surface area contributed by atoms with Gasteiger partial charge < -0.3 is 20.6 Å². The van der Waals surface area contributed by atoms with Crippen LogP contribution in [-0.4, -0.2) is 35.8 Å². The molecule has 0 aromatic carbocycles. The summed E-state index contributed by atoms with van der Waals surface area (Å²) in [6.45, 7) is 0.134. The van der Waals surface area contributed by atoms with Gasteiger partial charge in [0, 0.05) is 14.1 Å². The van der Waals surface area contributed by atoms with Gasteiger partial charge in [0.25, 0.3) is 5.88 Å². The Morgan fingerprint density at radius 2 is 2.57 bits per heavy atom. The van der Waals surface area contributed by atoms with E-state index in [0.717, 1.165) is 5.69 Å². The molecule has 0 aliphatic carbocycles. The van der Waals surface area contributed by atoms with Crippen molar-refractivity contribution < 1.29 is 9.53 Å². The normalized spacial score (nSPS) is 12.2. The fraction of sp³-hybridized carbons (Fsp3) is 0.500. The number of aldehydes is 1. The molecule has 1 rings (SSSR count). The standard InChI is InChI=1S/C8H14N4O2/c1-10-7-3-12(2)11-8(7)14-5-6(9)4-13/h3-4,6,10H,5,9H2,1-2H3. The van der Waals surface area contributed by atoms with Gasteiger partial charge in [-0.15, -0.1) is 5.10 Å². The number of carbonyl (C=O) groups excluding carboxylic acids is 1. The molecule has 14 heavy (non-hydrogen) atoms. The van der Waals surface area contributed by atoms with Gasteiger partial charge in [-0.3, -0.25) is 4.68 Å². The van der Waals surface area contributed by atoms with Crippen LogP contribution in [0.15, 0.2) is 6.20 Å². The van der Waals surface area contributed by atoms with Crippen LogP contribution in [0.1, 0.15) is 0 Å². The van der Waals surface area contributed by atoms with Crippen LogP contribution in [-0.2, 0) is 11.8 Å². The maximum atomic E-state index is 10.2. The number of nitrogens with zero attached hydrogens (tertiary/aromatic N) is 2. The third-order valence-electron chi connectivity index (χ3n) is 1.65. The molecule has 0 aliphatic heterocycles. The van der Waals surface area contributed by atoms with Crippen LogP contribution in [0, 0.1) is 0 Å². The first-order valence-electron chi connectivity index (χ1n) is 4.22. The molecule has 1 aromatic rings. The maximum absolute atomic E-state index is 10.2. The first kappa shape index (κ1) is 10.5. The minimum absolute atomic E-state index is 0.134. The number of ether oxygens (including phenoxy) is 1. The predicted molar refractivity (Wildman–Crippen MR) is 52.3 cm³/mol. The molecule has 0 amide bonds. The van der Waals surface area contributed by atoms with Gasteiger partial charge in [0.2, 0.25) is 0 Å². The van der Waals surface area contributed by atoms with Crippen molar-refractivity contribution in [2.45, 2.75) is 6.04 Å². The smallest absolute Gasteiger partial charge is 0.256 e. The predicted octanol–water partition coefficient (Wildman–Crippen LogP) is -0.633. The van der Waals surface area contributed by atoms with Crippen LogP contribution in [0.4, 0.5) is 5.69 Å². The van der Waals surface area contributed by atoms with E-state index in [-0.39, 0.29) is 6.61 Å². The van der Waals surface area contributed by atoms with E-state index in [0.29, 0.717) is 12.2 Å². The van der Waals surface area contributed by atoms with Crippen LogP contribution < -0.4 is 15.8 Å². The summed E-state index contributed by atoms with van der Waals surface area (Å²) in [5, 5.41) is 6.97. The lowest BCUT2D eigenvalue weighted by molar-refractivity contribution is -0.109. The average Bonchev–Trinajstić information content (AvgIpc) is 2.55. The van der Waals surface area contributed by atoms with Crippen molar-refractivity contribution in [1.82, 2.24) is 9.78 Å². The second-order valence-electron chi connectivity index (χ2n) is 2.88. The number of carbonyl (C=O) groups is 1. The molecule has 6 heteroatoms. The van der Waals surface area contributed by atoms with E-state index in [1.165, 1.54) is 0 Å². The molecule has 0 spiro atoms. The third-order valence-corrected chi connectivity index (χ3v) is 1.65. The molecule has 1 heterocycles. The van der Waals surface area contributed by atoms with E-state index in [1.54, 1.807) is 25.0 Å². The van der Waals surface area contributed by atoms with E-state index in [9.17, 15) is 4.79 Å². The second-order valence-corrected chi connectivity index (χ2v) is 2.88. The highest BCUT2D eigenvalue weighted by atomic mass is 16.5. The first-order chi connectivity index (χ1) is 6.67. The second kappa shape index (κ2) is 4.61. The van der Waals surface area contributed by atoms with Gasteiger partial charge >= 0.3 is 0 Å². The van der Waals surface area contributed by atoms with E-state index >= 15 is 0 Å². The van der Waals surface area contributed by atoms with E-state index in [4.69, 9.17) is 10.5 Å². The summed E-state index contributed by atoms with van der Waals surface area (Å²) in [7, 11) is 3.55. The van der Waals surface area contributed by atoms with Crippen LogP contribution in [0.2, 0.25) is 0 Å². The molecule has 3 N–H and O–H groups in total. The molecule has 0 bridgehead atoms. The van der Waals surface area contributed by atoms with Gasteiger partial charge in [-0.05, 0) is 0 Å². The summed E-state index contributed by atoms with van der Waals surface area (Å²) in [6, 6.07) is -0.610. The van der Waals surface area contributed by atoms with Gasteiger partial charge in [0.05, 0.1) is 12.2 Å². The Kier molecular flexibility index (Phi) is 3.47. The Balaban J connectivity index is 2.61. The number of hydrogen-bond acceptors (Lipinski definition) is 5. The van der Waals surface area contributed by atoms with Gasteiger partial charge in [-0.1, -0.05) is 0 Å². The summed E-state index contributed by atoms with van der Waals surface area (Å²) in [5.74, 6) is 0.451. The fourth-order valence-corrected chi connectivity index (χ4v) is 0.961. The number of aryl methyl sites for hydroxylation is 1. The van der Waals surface area contributed by atoms with Crippen LogP contribution >= 0.6 is 0 Å². The number of anilines is 1. The molecule has 6 nitrogen and oxygen atoms in total. The first-order valence-corrected chi connectivity index (χ1v) is 4.22. The molecular formula is C8H14N4O2. The van der Waals surface area contributed by atoms with Gasteiger partial charge in [-0.25, -0.2) is 0 Å². The molecule has 0 saturated heterocycles. The Hall–Kier alpha value is -1.56. The minimum Gasteiger partial charge on any atom is -0.473 e. The summed E-state index contributed by atoms with van der Waals surface area (Å²) < 4.78 is 6.87. The van der Waals surface area contributed by atoms with E-state index in [1.807, 2.05) is 0 Å². The van der Waals surface area contributed by atoms with Crippen molar-refractivity contribution in [1.29, 1.82) is 0 Å². The molecule has 0 aliphatic rings. The van der Waals surface area contributed by atoms with Crippen molar-refractivity contribution in [3.63, 3.8) is 0 Å². The van der Waals surface area contributed by atoms with Crippen LogP contribution in [0.25, 0.3) is 0 Å². The summed E-state index contributed by atoms with van der Waals surface area (Å²) in [4.78, 5) is 10.2. The lowest BCUT2D eigenvalue weighted by Gasteiger charge is -2.06. The molecule has 78 valence electrons. The highest BCUT2D eigenvalue weighted by molar-refractivity contribution is 5.57. The number of rotatable bonds is 5. The van der Waals surface area contributed by atoms with Gasteiger partial charge in [-0.2, -0.15) is 0 Å². The fourth-order valence-electron chi connectivity index (χ4n) is 0.961. The molecule has 0 fully saturated rings. The van der Waals surface area contributed by atoms with Crippen LogP contribution in [0.3, 0.4) is 0 Å². The van der Waals surface area contributed by atoms with Gasteiger partial charge in [0.15, 0.2) is 0 Å². The SMILES string of the molecule is CNc1cn(C)nc1OCC(N)C=O. The highest BCUT2D eigenvalue weighted by Crippen LogP contribution is 2.20. The molecule has 1 atom stereocenters. The van der Waals surface area contributed by atoms with Crippen LogP contribution in [0.5, 0.6) is 5.88 Å². The zero-order valence-corrected chi connectivity index (χ0v) is 8.23. The molecular weight excluding hydrogens is 184 g/mol. The van der Waals surface area contributed by atoms with E-state index in [2.05, 4.69) is 10.4 Å². The number of hydrogen-bond donors (Lipinski definition) is 2. The Morgan fingerprint density at radius 1 is 1.86 bits per heavy atom. The topological polar surface area (TPSA) is 82.2 Å². The average molecular weight is 198 g/mol. The number of aromatic nitrogens is 2. The molecule has 1 aromatic heterocycles. The Labute approximate surface area is 82.0 Å². The monoisotopic (exact) mass is 198 g/mol. The largest absolute Gasteiger partial charge is 0.473 e. The minimum atomic E-state index is -0.610. The molecule has 1 unspecified atom stereocenters. The summed E-state index contributed by atoms with van der Waals surface area (Å²) in [6.07, 6.45) is 2.42. The maximum Gasteiger partial charge on any atom is 0.256 e. The van der Waals surface area contributed by atoms with Crippen molar-refractivity contribution in [3.8, 4) is 5.88 Å².